The Hall–Kier alpha value is -3.32. The van der Waals surface area contributed by atoms with Gasteiger partial charge in [-0.15, -0.1) is 0 Å². The number of nitrogens with zero attached hydrogens (tertiary/aromatic N) is 5. The molecule has 0 aliphatic rings. The minimum atomic E-state index is -0.275. The average Bonchev–Trinajstić information content (AvgIpc) is 3.06. The molecule has 0 radical (unpaired) electrons. The quantitative estimate of drug-likeness (QED) is 0.513. The molecule has 0 aliphatic carbocycles. The molecule has 30 heavy (non-hydrogen) atoms. The van der Waals surface area contributed by atoms with Gasteiger partial charge in [0.05, 0.1) is 17.1 Å². The van der Waals surface area contributed by atoms with Crippen molar-refractivity contribution in [3.63, 3.8) is 0 Å². The SMILES string of the molecule is CC(C)Nc1nccc(-c2c(-c3ccc(F)cc3)nc3cc(CN(C)C)ccn23)n1. The van der Waals surface area contributed by atoms with Gasteiger partial charge in [-0.25, -0.2) is 19.3 Å². The van der Waals surface area contributed by atoms with E-state index in [9.17, 15) is 4.39 Å². The Labute approximate surface area is 175 Å². The topological polar surface area (TPSA) is 58.4 Å². The van der Waals surface area contributed by atoms with Gasteiger partial charge in [-0.2, -0.15) is 0 Å². The molecule has 7 heteroatoms. The molecule has 0 unspecified atom stereocenters. The van der Waals surface area contributed by atoms with Crippen molar-refractivity contribution in [2.24, 2.45) is 0 Å². The third-order valence-corrected chi connectivity index (χ3v) is 4.62. The Morgan fingerprint density at radius 1 is 1.07 bits per heavy atom. The van der Waals surface area contributed by atoms with Crippen LogP contribution in [0.4, 0.5) is 10.3 Å². The van der Waals surface area contributed by atoms with Crippen LogP contribution >= 0.6 is 0 Å². The van der Waals surface area contributed by atoms with Crippen LogP contribution in [0.1, 0.15) is 19.4 Å². The number of aromatic nitrogens is 4. The summed E-state index contributed by atoms with van der Waals surface area (Å²) in [5.41, 5.74) is 5.18. The maximum atomic E-state index is 13.5. The smallest absolute Gasteiger partial charge is 0.223 e. The van der Waals surface area contributed by atoms with E-state index in [1.165, 1.54) is 17.7 Å². The summed E-state index contributed by atoms with van der Waals surface area (Å²) in [4.78, 5) is 16.0. The number of fused-ring (bicyclic) bond motifs is 1. The van der Waals surface area contributed by atoms with E-state index >= 15 is 0 Å². The molecule has 0 amide bonds. The van der Waals surface area contributed by atoms with E-state index in [2.05, 4.69) is 27.3 Å². The second-order valence-electron chi connectivity index (χ2n) is 7.88. The second-order valence-corrected chi connectivity index (χ2v) is 7.88. The molecular formula is C23H25FN6. The van der Waals surface area contributed by atoms with Crippen molar-refractivity contribution in [1.29, 1.82) is 0 Å². The molecule has 0 fully saturated rings. The van der Waals surface area contributed by atoms with Gasteiger partial charge < -0.3 is 10.2 Å². The van der Waals surface area contributed by atoms with Crippen molar-refractivity contribution in [2.75, 3.05) is 19.4 Å². The summed E-state index contributed by atoms with van der Waals surface area (Å²) < 4.78 is 15.5. The molecule has 1 aromatic carbocycles. The third kappa shape index (κ3) is 4.16. The predicted octanol–water partition coefficient (Wildman–Crippen LogP) is 4.48. The molecule has 4 rings (SSSR count). The number of hydrogen-bond acceptors (Lipinski definition) is 5. The monoisotopic (exact) mass is 404 g/mol. The van der Waals surface area contributed by atoms with Crippen LogP contribution in [-0.2, 0) is 6.54 Å². The van der Waals surface area contributed by atoms with Gasteiger partial charge in [0.2, 0.25) is 5.95 Å². The molecular weight excluding hydrogens is 379 g/mol. The molecule has 0 spiro atoms. The van der Waals surface area contributed by atoms with Gasteiger partial charge in [-0.1, -0.05) is 0 Å². The number of anilines is 1. The van der Waals surface area contributed by atoms with Crippen molar-refractivity contribution in [2.45, 2.75) is 26.4 Å². The molecule has 6 nitrogen and oxygen atoms in total. The molecule has 3 aromatic heterocycles. The van der Waals surface area contributed by atoms with Crippen molar-refractivity contribution in [3.05, 3.63) is 66.2 Å². The van der Waals surface area contributed by atoms with Crippen molar-refractivity contribution >= 4 is 11.6 Å². The van der Waals surface area contributed by atoms with Crippen LogP contribution in [0.25, 0.3) is 28.3 Å². The number of imidazole rings is 1. The lowest BCUT2D eigenvalue weighted by atomic mass is 10.1. The first kappa shape index (κ1) is 20.0. The molecule has 0 atom stereocenters. The molecule has 3 heterocycles. The van der Waals surface area contributed by atoms with Gasteiger partial charge in [0.25, 0.3) is 0 Å². The summed E-state index contributed by atoms with van der Waals surface area (Å²) in [7, 11) is 4.07. The first-order valence-corrected chi connectivity index (χ1v) is 9.92. The van der Waals surface area contributed by atoms with Crippen LogP contribution in [0.5, 0.6) is 0 Å². The van der Waals surface area contributed by atoms with Gasteiger partial charge in [0.15, 0.2) is 0 Å². The van der Waals surface area contributed by atoms with Crippen LogP contribution in [0.15, 0.2) is 54.9 Å². The van der Waals surface area contributed by atoms with E-state index in [4.69, 9.17) is 9.97 Å². The van der Waals surface area contributed by atoms with Crippen LogP contribution < -0.4 is 5.32 Å². The average molecular weight is 404 g/mol. The highest BCUT2D eigenvalue weighted by atomic mass is 19.1. The number of hydrogen-bond donors (Lipinski definition) is 1. The number of benzene rings is 1. The Kier molecular flexibility index (Phi) is 5.46. The molecule has 4 aromatic rings. The first-order chi connectivity index (χ1) is 14.4. The summed E-state index contributed by atoms with van der Waals surface area (Å²) in [6.07, 6.45) is 3.75. The standard InChI is InChI=1S/C23H25FN6/c1-15(2)26-23-25-11-9-19(27-23)22-21(17-5-7-18(24)8-6-17)28-20-13-16(14-29(3)4)10-12-30(20)22/h5-13,15H,14H2,1-4H3,(H,25,26,27). The third-order valence-electron chi connectivity index (χ3n) is 4.62. The number of halogens is 1. The normalized spacial score (nSPS) is 11.6. The zero-order valence-corrected chi connectivity index (χ0v) is 17.6. The van der Waals surface area contributed by atoms with Crippen LogP contribution in [0.2, 0.25) is 0 Å². The summed E-state index contributed by atoms with van der Waals surface area (Å²) in [6, 6.07) is 12.6. The van der Waals surface area contributed by atoms with Gasteiger partial charge >= 0.3 is 0 Å². The lowest BCUT2D eigenvalue weighted by Gasteiger charge is -2.11. The maximum absolute atomic E-state index is 13.5. The molecule has 0 saturated heterocycles. The van der Waals surface area contributed by atoms with E-state index < -0.39 is 0 Å². The largest absolute Gasteiger partial charge is 0.352 e. The molecule has 154 valence electrons. The highest BCUT2D eigenvalue weighted by Crippen LogP contribution is 2.32. The lowest BCUT2D eigenvalue weighted by molar-refractivity contribution is 0.402. The highest BCUT2D eigenvalue weighted by Gasteiger charge is 2.18. The van der Waals surface area contributed by atoms with Gasteiger partial charge in [0, 0.05) is 30.5 Å². The number of pyridine rings is 1. The van der Waals surface area contributed by atoms with E-state index in [0.29, 0.717) is 5.95 Å². The Morgan fingerprint density at radius 3 is 2.53 bits per heavy atom. The van der Waals surface area contributed by atoms with Crippen LogP contribution in [-0.4, -0.2) is 44.4 Å². The van der Waals surface area contributed by atoms with Gasteiger partial charge in [0.1, 0.15) is 11.5 Å². The number of nitrogens with one attached hydrogen (secondary N) is 1. The Morgan fingerprint density at radius 2 is 1.83 bits per heavy atom. The summed E-state index contributed by atoms with van der Waals surface area (Å²) >= 11 is 0. The van der Waals surface area contributed by atoms with E-state index in [0.717, 1.165) is 34.8 Å². The molecule has 1 N–H and O–H groups in total. The second kappa shape index (κ2) is 8.20. The van der Waals surface area contributed by atoms with Crippen molar-refractivity contribution in [3.8, 4) is 22.6 Å². The fourth-order valence-corrected chi connectivity index (χ4v) is 3.42. The summed E-state index contributed by atoms with van der Waals surface area (Å²) in [5.74, 6) is 0.287. The predicted molar refractivity (Wildman–Crippen MR) is 118 cm³/mol. The molecule has 0 saturated carbocycles. The van der Waals surface area contributed by atoms with Crippen LogP contribution in [0.3, 0.4) is 0 Å². The van der Waals surface area contributed by atoms with Crippen LogP contribution in [0, 0.1) is 5.82 Å². The first-order valence-electron chi connectivity index (χ1n) is 9.92. The van der Waals surface area contributed by atoms with Crippen molar-refractivity contribution < 1.29 is 4.39 Å². The Balaban J connectivity index is 1.91. The molecule has 0 bridgehead atoms. The highest BCUT2D eigenvalue weighted by molar-refractivity contribution is 5.80. The van der Waals surface area contributed by atoms with E-state index in [-0.39, 0.29) is 11.9 Å². The summed E-state index contributed by atoms with van der Waals surface area (Å²) in [5, 5.41) is 3.25. The zero-order chi connectivity index (χ0) is 21.3. The zero-order valence-electron chi connectivity index (χ0n) is 17.6. The van der Waals surface area contributed by atoms with Gasteiger partial charge in [-0.3, -0.25) is 4.40 Å². The fraction of sp³-hybridized carbons (Fsp3) is 0.261. The number of rotatable bonds is 6. The minimum absolute atomic E-state index is 0.215. The summed E-state index contributed by atoms with van der Waals surface area (Å²) in [6.45, 7) is 4.90. The fourth-order valence-electron chi connectivity index (χ4n) is 3.42. The van der Waals surface area contributed by atoms with E-state index in [1.54, 1.807) is 18.3 Å². The lowest BCUT2D eigenvalue weighted by Crippen LogP contribution is -2.12. The minimum Gasteiger partial charge on any atom is -0.352 e. The van der Waals surface area contributed by atoms with Gasteiger partial charge in [-0.05, 0) is 76.0 Å². The maximum Gasteiger partial charge on any atom is 0.223 e. The van der Waals surface area contributed by atoms with E-state index in [1.807, 2.05) is 44.6 Å². The molecule has 0 aliphatic heterocycles. The Bertz CT molecular complexity index is 1160. The van der Waals surface area contributed by atoms with Crippen molar-refractivity contribution in [1.82, 2.24) is 24.3 Å².